The third-order valence-electron chi connectivity index (χ3n) is 2.83. The molecule has 0 radical (unpaired) electrons. The summed E-state index contributed by atoms with van der Waals surface area (Å²) in [6.45, 7) is 0. The van der Waals surface area contributed by atoms with E-state index >= 15 is 0 Å². The van der Waals surface area contributed by atoms with Crippen LogP contribution in [0, 0.1) is 5.82 Å². The molecule has 0 aliphatic heterocycles. The van der Waals surface area contributed by atoms with E-state index < -0.39 is 5.60 Å². The summed E-state index contributed by atoms with van der Waals surface area (Å²) >= 11 is 5.74. The van der Waals surface area contributed by atoms with Crippen LogP contribution in [0.1, 0.15) is 31.2 Å². The first-order chi connectivity index (χ1) is 6.60. The lowest BCUT2D eigenvalue weighted by Crippen LogP contribution is -2.20. The standard InChI is InChI=1S/C11H12ClFO/c12-9-5-8(6-10(13)7-9)11(14)3-1-2-4-11/h5-7,14H,1-4H2. The summed E-state index contributed by atoms with van der Waals surface area (Å²) in [5.74, 6) is -0.382. The van der Waals surface area contributed by atoms with Crippen LogP contribution in [-0.4, -0.2) is 5.11 Å². The third-order valence-corrected chi connectivity index (χ3v) is 3.05. The molecule has 0 spiro atoms. The fraction of sp³-hybridized carbons (Fsp3) is 0.455. The molecule has 1 nitrogen and oxygen atoms in total. The molecule has 1 fully saturated rings. The largest absolute Gasteiger partial charge is 0.385 e. The van der Waals surface area contributed by atoms with E-state index in [9.17, 15) is 9.50 Å². The van der Waals surface area contributed by atoms with Gasteiger partial charge in [0.25, 0.3) is 0 Å². The molecule has 0 bridgehead atoms. The average Bonchev–Trinajstić information content (AvgIpc) is 2.52. The molecule has 76 valence electrons. The van der Waals surface area contributed by atoms with E-state index in [1.807, 2.05) is 0 Å². The Hall–Kier alpha value is -0.600. The molecule has 1 aromatic rings. The van der Waals surface area contributed by atoms with Crippen molar-refractivity contribution in [2.45, 2.75) is 31.3 Å². The van der Waals surface area contributed by atoms with Crippen LogP contribution in [-0.2, 0) is 5.60 Å². The van der Waals surface area contributed by atoms with Crippen molar-refractivity contribution >= 4 is 11.6 Å². The van der Waals surface area contributed by atoms with Crippen molar-refractivity contribution in [3.63, 3.8) is 0 Å². The number of halogens is 2. The number of rotatable bonds is 1. The Bertz CT molecular complexity index is 325. The van der Waals surface area contributed by atoms with E-state index in [0.29, 0.717) is 23.4 Å². The normalized spacial score (nSPS) is 19.9. The zero-order valence-corrected chi connectivity index (χ0v) is 8.52. The summed E-state index contributed by atoms with van der Waals surface area (Å²) in [4.78, 5) is 0. The quantitative estimate of drug-likeness (QED) is 0.761. The van der Waals surface area contributed by atoms with Gasteiger partial charge in [-0.15, -0.1) is 0 Å². The van der Waals surface area contributed by atoms with Crippen LogP contribution in [0.15, 0.2) is 18.2 Å². The number of aliphatic hydroxyl groups is 1. The Kier molecular flexibility index (Phi) is 2.50. The fourth-order valence-corrected chi connectivity index (χ4v) is 2.29. The second-order valence-corrected chi connectivity index (χ2v) is 4.33. The van der Waals surface area contributed by atoms with Gasteiger partial charge in [0.1, 0.15) is 5.82 Å². The first-order valence-corrected chi connectivity index (χ1v) is 5.17. The molecular formula is C11H12ClFO. The monoisotopic (exact) mass is 214 g/mol. The smallest absolute Gasteiger partial charge is 0.125 e. The van der Waals surface area contributed by atoms with E-state index in [-0.39, 0.29) is 5.82 Å². The minimum atomic E-state index is -0.855. The second-order valence-electron chi connectivity index (χ2n) is 3.90. The molecule has 1 N–H and O–H groups in total. The Labute approximate surface area is 87.5 Å². The van der Waals surface area contributed by atoms with Gasteiger partial charge in [0.05, 0.1) is 5.60 Å². The van der Waals surface area contributed by atoms with Crippen molar-refractivity contribution in [3.8, 4) is 0 Å². The SMILES string of the molecule is OC1(c2cc(F)cc(Cl)c2)CCCC1. The second kappa shape index (κ2) is 3.52. The molecule has 1 aliphatic rings. The van der Waals surface area contributed by atoms with E-state index in [2.05, 4.69) is 0 Å². The first-order valence-electron chi connectivity index (χ1n) is 4.79. The molecule has 1 aromatic carbocycles. The highest BCUT2D eigenvalue weighted by atomic mass is 35.5. The minimum absolute atomic E-state index is 0.348. The molecule has 1 saturated carbocycles. The van der Waals surface area contributed by atoms with Gasteiger partial charge >= 0.3 is 0 Å². The van der Waals surface area contributed by atoms with Gasteiger partial charge in [0, 0.05) is 5.02 Å². The summed E-state index contributed by atoms with van der Waals surface area (Å²) in [5, 5.41) is 10.5. The van der Waals surface area contributed by atoms with Crippen LogP contribution < -0.4 is 0 Å². The van der Waals surface area contributed by atoms with E-state index in [1.54, 1.807) is 6.07 Å². The predicted molar refractivity (Wildman–Crippen MR) is 53.8 cm³/mol. The minimum Gasteiger partial charge on any atom is -0.385 e. The molecule has 0 aromatic heterocycles. The maximum absolute atomic E-state index is 13.1. The molecule has 0 amide bonds. The third kappa shape index (κ3) is 1.77. The Morgan fingerprint density at radius 3 is 2.43 bits per heavy atom. The number of hydrogen-bond donors (Lipinski definition) is 1. The van der Waals surface area contributed by atoms with Crippen LogP contribution in [0.25, 0.3) is 0 Å². The van der Waals surface area contributed by atoms with Crippen LogP contribution in [0.3, 0.4) is 0 Å². The van der Waals surface area contributed by atoms with Gasteiger partial charge in [-0.25, -0.2) is 4.39 Å². The Morgan fingerprint density at radius 1 is 1.21 bits per heavy atom. The summed E-state index contributed by atoms with van der Waals surface area (Å²) in [7, 11) is 0. The lowest BCUT2D eigenvalue weighted by molar-refractivity contribution is 0.0441. The van der Waals surface area contributed by atoms with Crippen LogP contribution in [0.2, 0.25) is 5.02 Å². The van der Waals surface area contributed by atoms with E-state index in [4.69, 9.17) is 11.6 Å². The average molecular weight is 215 g/mol. The van der Waals surface area contributed by atoms with Crippen molar-refractivity contribution < 1.29 is 9.50 Å². The molecule has 0 heterocycles. The van der Waals surface area contributed by atoms with Crippen molar-refractivity contribution in [3.05, 3.63) is 34.6 Å². The maximum atomic E-state index is 13.1. The molecular weight excluding hydrogens is 203 g/mol. The summed E-state index contributed by atoms with van der Waals surface area (Å²) in [6.07, 6.45) is 3.38. The molecule has 14 heavy (non-hydrogen) atoms. The highest BCUT2D eigenvalue weighted by Gasteiger charge is 2.33. The van der Waals surface area contributed by atoms with E-state index in [1.165, 1.54) is 12.1 Å². The number of benzene rings is 1. The zero-order valence-electron chi connectivity index (χ0n) is 7.76. The summed E-state index contributed by atoms with van der Waals surface area (Å²) < 4.78 is 13.1. The Balaban J connectivity index is 2.40. The molecule has 1 aliphatic carbocycles. The van der Waals surface area contributed by atoms with Gasteiger partial charge < -0.3 is 5.11 Å². The topological polar surface area (TPSA) is 20.2 Å². The first kappa shape index (κ1) is 9.94. The van der Waals surface area contributed by atoms with Crippen molar-refractivity contribution in [2.24, 2.45) is 0 Å². The van der Waals surface area contributed by atoms with Crippen molar-refractivity contribution in [1.29, 1.82) is 0 Å². The van der Waals surface area contributed by atoms with Crippen molar-refractivity contribution in [2.75, 3.05) is 0 Å². The predicted octanol–water partition coefficient (Wildman–Crippen LogP) is 3.24. The van der Waals surface area contributed by atoms with E-state index in [0.717, 1.165) is 12.8 Å². The van der Waals surface area contributed by atoms with Crippen molar-refractivity contribution in [1.82, 2.24) is 0 Å². The number of hydrogen-bond acceptors (Lipinski definition) is 1. The van der Waals surface area contributed by atoms with Gasteiger partial charge in [-0.1, -0.05) is 24.4 Å². The summed E-state index contributed by atoms with van der Waals surface area (Å²) in [6, 6.07) is 4.27. The van der Waals surface area contributed by atoms with Crippen LogP contribution in [0.4, 0.5) is 4.39 Å². The molecule has 2 rings (SSSR count). The maximum Gasteiger partial charge on any atom is 0.125 e. The fourth-order valence-electron chi connectivity index (χ4n) is 2.07. The van der Waals surface area contributed by atoms with Gasteiger partial charge in [-0.05, 0) is 36.6 Å². The highest BCUT2D eigenvalue weighted by molar-refractivity contribution is 6.30. The molecule has 0 saturated heterocycles. The van der Waals surface area contributed by atoms with Gasteiger partial charge in [-0.2, -0.15) is 0 Å². The lowest BCUT2D eigenvalue weighted by atomic mass is 9.92. The molecule has 3 heteroatoms. The summed E-state index contributed by atoms with van der Waals surface area (Å²) in [5.41, 5.74) is -0.244. The molecule has 0 atom stereocenters. The van der Waals surface area contributed by atoms with Gasteiger partial charge in [0.15, 0.2) is 0 Å². The highest BCUT2D eigenvalue weighted by Crippen LogP contribution is 2.39. The Morgan fingerprint density at radius 2 is 1.86 bits per heavy atom. The van der Waals surface area contributed by atoms with Gasteiger partial charge in [-0.3, -0.25) is 0 Å². The van der Waals surface area contributed by atoms with Gasteiger partial charge in [0.2, 0.25) is 0 Å². The van der Waals surface area contributed by atoms with Crippen LogP contribution >= 0.6 is 11.6 Å². The zero-order chi connectivity index (χ0) is 10.2. The van der Waals surface area contributed by atoms with Crippen LogP contribution in [0.5, 0.6) is 0 Å². The lowest BCUT2D eigenvalue weighted by Gasteiger charge is -2.22. The molecule has 0 unspecified atom stereocenters.